The number of halogens is 1. The average Bonchev–Trinajstić information content (AvgIpc) is 3.47. The molecule has 0 radical (unpaired) electrons. The van der Waals surface area contributed by atoms with E-state index < -0.39 is 5.54 Å². The second-order valence-electron chi connectivity index (χ2n) is 7.65. The predicted molar refractivity (Wildman–Crippen MR) is 112 cm³/mol. The van der Waals surface area contributed by atoms with Crippen molar-refractivity contribution < 1.29 is 0 Å². The molecule has 28 heavy (non-hydrogen) atoms. The van der Waals surface area contributed by atoms with Gasteiger partial charge in [0, 0.05) is 12.3 Å². The minimum atomic E-state index is -0.546. The number of benzene rings is 1. The molecular weight excluding hydrogens is 370 g/mol. The molecule has 1 fully saturated rings. The van der Waals surface area contributed by atoms with Gasteiger partial charge in [-0.3, -0.25) is 4.99 Å². The molecule has 3 heterocycles. The minimum absolute atomic E-state index is 0.261. The van der Waals surface area contributed by atoms with Crippen LogP contribution in [0.1, 0.15) is 49.4 Å². The molecule has 2 aromatic heterocycles. The van der Waals surface area contributed by atoms with Gasteiger partial charge in [-0.05, 0) is 55.0 Å². The highest BCUT2D eigenvalue weighted by atomic mass is 35.5. The first kappa shape index (κ1) is 17.6. The molecule has 0 N–H and O–H groups in total. The number of aromatic nitrogens is 4. The lowest BCUT2D eigenvalue weighted by molar-refractivity contribution is 0.510. The Balaban J connectivity index is 1.57. The number of nitrogens with zero attached hydrogens (tertiary/aromatic N) is 5. The van der Waals surface area contributed by atoms with Crippen LogP contribution in [-0.2, 0) is 12.0 Å². The number of hydrogen-bond donors (Lipinski definition) is 0. The summed E-state index contributed by atoms with van der Waals surface area (Å²) in [6.45, 7) is 0. The van der Waals surface area contributed by atoms with Crippen LogP contribution < -0.4 is 0 Å². The molecule has 1 atom stereocenters. The molecule has 0 amide bonds. The molecule has 2 aliphatic rings. The molecule has 1 aliphatic carbocycles. The highest BCUT2D eigenvalue weighted by Crippen LogP contribution is 2.39. The Labute approximate surface area is 169 Å². The molecule has 1 unspecified atom stereocenters. The van der Waals surface area contributed by atoms with Crippen molar-refractivity contribution in [2.24, 2.45) is 4.99 Å². The molecule has 1 aliphatic heterocycles. The summed E-state index contributed by atoms with van der Waals surface area (Å²) in [5.41, 5.74) is 3.19. The van der Waals surface area contributed by atoms with Crippen molar-refractivity contribution >= 4 is 29.0 Å². The van der Waals surface area contributed by atoms with Gasteiger partial charge in [0.05, 0.1) is 6.33 Å². The molecule has 0 saturated heterocycles. The molecule has 1 saturated carbocycles. The normalized spacial score (nSPS) is 21.9. The molecular formula is C22H22ClN5. The molecule has 142 valence electrons. The summed E-state index contributed by atoms with van der Waals surface area (Å²) in [5.74, 6) is 0. The summed E-state index contributed by atoms with van der Waals surface area (Å²) in [6, 6.07) is 10.9. The number of aryl methyl sites for hydroxylation is 1. The second-order valence-corrected chi connectivity index (χ2v) is 7.99. The molecule has 5 rings (SSSR count). The average molecular weight is 392 g/mol. The fourth-order valence-electron chi connectivity index (χ4n) is 4.45. The summed E-state index contributed by atoms with van der Waals surface area (Å²) in [7, 11) is 0. The number of aliphatic imine (C=N–C) groups is 1. The third-order valence-electron chi connectivity index (χ3n) is 5.92. The maximum atomic E-state index is 6.38. The van der Waals surface area contributed by atoms with Gasteiger partial charge in [-0.1, -0.05) is 43.2 Å². The molecule has 6 heteroatoms. The van der Waals surface area contributed by atoms with Crippen molar-refractivity contribution in [1.82, 2.24) is 19.5 Å². The fraction of sp³-hybridized carbons (Fsp3) is 0.364. The topological polar surface area (TPSA) is 56.0 Å². The number of imidazole rings is 1. The Bertz CT molecular complexity index is 1040. The van der Waals surface area contributed by atoms with Crippen LogP contribution in [0.25, 0.3) is 11.2 Å². The van der Waals surface area contributed by atoms with Crippen molar-refractivity contribution in [2.45, 2.75) is 50.1 Å². The SMILES string of the molecule is Clc1nc(C2(CCc3ccccc3)C=CC=N2)c2ncn(C3CCCC3)c2n1. The van der Waals surface area contributed by atoms with E-state index in [2.05, 4.69) is 44.9 Å². The van der Waals surface area contributed by atoms with Gasteiger partial charge in [0.25, 0.3) is 0 Å². The van der Waals surface area contributed by atoms with Gasteiger partial charge in [-0.15, -0.1) is 0 Å². The third kappa shape index (κ3) is 3.04. The van der Waals surface area contributed by atoms with Gasteiger partial charge in [0.1, 0.15) is 16.7 Å². The second kappa shape index (κ2) is 7.13. The van der Waals surface area contributed by atoms with Crippen LogP contribution in [0, 0.1) is 0 Å². The molecule has 0 spiro atoms. The third-order valence-corrected chi connectivity index (χ3v) is 6.09. The largest absolute Gasteiger partial charge is 0.312 e. The lowest BCUT2D eigenvalue weighted by Gasteiger charge is -2.24. The van der Waals surface area contributed by atoms with Gasteiger partial charge < -0.3 is 4.57 Å². The van der Waals surface area contributed by atoms with Gasteiger partial charge >= 0.3 is 0 Å². The van der Waals surface area contributed by atoms with Crippen molar-refractivity contribution in [3.8, 4) is 0 Å². The number of rotatable bonds is 5. The zero-order chi connectivity index (χ0) is 19.0. The van der Waals surface area contributed by atoms with Gasteiger partial charge in [-0.25, -0.2) is 9.97 Å². The van der Waals surface area contributed by atoms with E-state index in [-0.39, 0.29) is 5.28 Å². The Morgan fingerprint density at radius 1 is 1.11 bits per heavy atom. The quantitative estimate of drug-likeness (QED) is 0.571. The van der Waals surface area contributed by atoms with E-state index in [1.54, 1.807) is 0 Å². The minimum Gasteiger partial charge on any atom is -0.312 e. The molecule has 0 bridgehead atoms. The number of hydrogen-bond acceptors (Lipinski definition) is 4. The van der Waals surface area contributed by atoms with E-state index in [0.29, 0.717) is 6.04 Å². The maximum Gasteiger partial charge on any atom is 0.224 e. The highest BCUT2D eigenvalue weighted by Gasteiger charge is 2.36. The molecule has 3 aromatic rings. The van der Waals surface area contributed by atoms with Crippen molar-refractivity contribution in [3.05, 3.63) is 65.4 Å². The van der Waals surface area contributed by atoms with E-state index in [4.69, 9.17) is 21.6 Å². The number of allylic oxidation sites excluding steroid dienone is 1. The van der Waals surface area contributed by atoms with Crippen LogP contribution in [0.4, 0.5) is 0 Å². The van der Waals surface area contributed by atoms with Gasteiger partial charge in [-0.2, -0.15) is 4.98 Å². The zero-order valence-electron chi connectivity index (χ0n) is 15.6. The zero-order valence-corrected chi connectivity index (χ0v) is 16.4. The number of fused-ring (bicyclic) bond motifs is 1. The first-order valence-corrected chi connectivity index (χ1v) is 10.3. The predicted octanol–water partition coefficient (Wildman–Crippen LogP) is 5.06. The Morgan fingerprint density at radius 3 is 2.68 bits per heavy atom. The van der Waals surface area contributed by atoms with Gasteiger partial charge in [0.15, 0.2) is 5.65 Å². The molecule has 1 aromatic carbocycles. The summed E-state index contributed by atoms with van der Waals surface area (Å²) in [6.07, 6.45) is 14.4. The van der Waals surface area contributed by atoms with Crippen LogP contribution in [0.2, 0.25) is 5.28 Å². The fourth-order valence-corrected chi connectivity index (χ4v) is 4.61. The van der Waals surface area contributed by atoms with Crippen LogP contribution in [0.15, 0.2) is 53.8 Å². The van der Waals surface area contributed by atoms with Crippen molar-refractivity contribution in [1.29, 1.82) is 0 Å². The van der Waals surface area contributed by atoms with E-state index in [1.807, 2.05) is 24.7 Å². The lowest BCUT2D eigenvalue weighted by Crippen LogP contribution is -2.23. The monoisotopic (exact) mass is 391 g/mol. The van der Waals surface area contributed by atoms with E-state index in [1.165, 1.54) is 31.2 Å². The summed E-state index contributed by atoms with van der Waals surface area (Å²) < 4.78 is 2.19. The van der Waals surface area contributed by atoms with E-state index in [0.717, 1.165) is 29.7 Å². The standard InChI is InChI=1S/C22H22ClN5/c23-21-26-19(18-20(27-21)28(15-24-18)17-9-4-5-10-17)22(12-6-14-25-22)13-11-16-7-2-1-3-8-16/h1-3,6-8,12,14-15,17H,4-5,9-11,13H2. The lowest BCUT2D eigenvalue weighted by atomic mass is 9.88. The van der Waals surface area contributed by atoms with Crippen LogP contribution in [0.3, 0.4) is 0 Å². The Morgan fingerprint density at radius 2 is 1.93 bits per heavy atom. The van der Waals surface area contributed by atoms with Crippen LogP contribution in [0.5, 0.6) is 0 Å². The van der Waals surface area contributed by atoms with Crippen molar-refractivity contribution in [2.75, 3.05) is 0 Å². The van der Waals surface area contributed by atoms with Gasteiger partial charge in [0.2, 0.25) is 5.28 Å². The molecule has 5 nitrogen and oxygen atoms in total. The maximum absolute atomic E-state index is 6.38. The first-order valence-electron chi connectivity index (χ1n) is 9.93. The summed E-state index contributed by atoms with van der Waals surface area (Å²) in [5, 5.41) is 0.261. The summed E-state index contributed by atoms with van der Waals surface area (Å²) in [4.78, 5) is 18.7. The van der Waals surface area contributed by atoms with Crippen LogP contribution in [-0.4, -0.2) is 25.7 Å². The van der Waals surface area contributed by atoms with E-state index >= 15 is 0 Å². The van der Waals surface area contributed by atoms with Crippen LogP contribution >= 0.6 is 11.6 Å². The highest BCUT2D eigenvalue weighted by molar-refractivity contribution is 6.28. The smallest absolute Gasteiger partial charge is 0.224 e. The van der Waals surface area contributed by atoms with Crippen molar-refractivity contribution in [3.63, 3.8) is 0 Å². The summed E-state index contributed by atoms with van der Waals surface area (Å²) >= 11 is 6.38. The first-order chi connectivity index (χ1) is 13.8. The Kier molecular flexibility index (Phi) is 4.47. The van der Waals surface area contributed by atoms with E-state index in [9.17, 15) is 0 Å². The Hall–Kier alpha value is -2.53.